The summed E-state index contributed by atoms with van der Waals surface area (Å²) in [6.45, 7) is 3.87. The standard InChI is InChI=1S/C29H30FN3O4/c1-17-19(7-9-22(28(17)30)23-3-2-4-27(32-23)37-16-18-5-6-18)14-26-31-24-10-8-20(29(34)35)13-25(24)33(26)15-21-11-12-36-21/h2-4,7-10,13,17-18,21,28H,5-6,11-12,14-16H2,1H3,(H,34,35)/t17?,21-,28?/m0/s1. The van der Waals surface area contributed by atoms with E-state index >= 15 is 4.39 Å². The normalized spacial score (nSPS) is 23.4. The molecule has 0 radical (unpaired) electrons. The average Bonchev–Trinajstić information content (AvgIpc) is 3.64. The number of imidazole rings is 1. The minimum atomic E-state index is -1.21. The van der Waals surface area contributed by atoms with Gasteiger partial charge in [0.15, 0.2) is 0 Å². The zero-order valence-corrected chi connectivity index (χ0v) is 20.8. The van der Waals surface area contributed by atoms with Crippen molar-refractivity contribution in [3.05, 3.63) is 71.2 Å². The van der Waals surface area contributed by atoms with Gasteiger partial charge in [0.25, 0.3) is 0 Å². The first kappa shape index (κ1) is 23.9. The molecule has 1 N–H and O–H groups in total. The molecule has 37 heavy (non-hydrogen) atoms. The van der Waals surface area contributed by atoms with E-state index in [1.165, 1.54) is 12.8 Å². The molecule has 2 aromatic heterocycles. The lowest BCUT2D eigenvalue weighted by atomic mass is 9.83. The van der Waals surface area contributed by atoms with Crippen LogP contribution in [0.2, 0.25) is 0 Å². The van der Waals surface area contributed by atoms with Gasteiger partial charge in [0.05, 0.1) is 41.5 Å². The van der Waals surface area contributed by atoms with Gasteiger partial charge >= 0.3 is 5.97 Å². The van der Waals surface area contributed by atoms with E-state index in [9.17, 15) is 9.90 Å². The number of hydrogen-bond donors (Lipinski definition) is 1. The molecule has 1 aliphatic heterocycles. The quantitative estimate of drug-likeness (QED) is 0.429. The number of carboxylic acids is 1. The molecule has 8 heteroatoms. The summed E-state index contributed by atoms with van der Waals surface area (Å²) in [5.41, 5.74) is 3.78. The average molecular weight is 504 g/mol. The number of carboxylic acid groups (broad SMARTS) is 1. The van der Waals surface area contributed by atoms with Crippen molar-refractivity contribution >= 4 is 22.6 Å². The molecule has 2 aliphatic carbocycles. The zero-order valence-electron chi connectivity index (χ0n) is 20.8. The zero-order chi connectivity index (χ0) is 25.5. The Balaban J connectivity index is 1.29. The number of fused-ring (bicyclic) bond motifs is 1. The maximum Gasteiger partial charge on any atom is 0.335 e. The number of carbonyl (C=O) groups is 1. The van der Waals surface area contributed by atoms with Crippen molar-refractivity contribution in [2.75, 3.05) is 13.2 Å². The van der Waals surface area contributed by atoms with E-state index in [1.807, 2.05) is 41.8 Å². The van der Waals surface area contributed by atoms with Crippen LogP contribution in [-0.2, 0) is 17.7 Å². The number of pyridine rings is 1. The van der Waals surface area contributed by atoms with Crippen LogP contribution in [0.15, 0.2) is 54.1 Å². The van der Waals surface area contributed by atoms with Gasteiger partial charge in [-0.15, -0.1) is 0 Å². The molecule has 1 saturated carbocycles. The van der Waals surface area contributed by atoms with Gasteiger partial charge in [0.1, 0.15) is 12.0 Å². The first-order valence-electron chi connectivity index (χ1n) is 13.0. The lowest BCUT2D eigenvalue weighted by molar-refractivity contribution is -0.0589. The first-order chi connectivity index (χ1) is 18.0. The fourth-order valence-electron chi connectivity index (χ4n) is 4.95. The number of rotatable bonds is 9. The molecular formula is C29H30FN3O4. The van der Waals surface area contributed by atoms with Crippen LogP contribution in [0, 0.1) is 11.8 Å². The SMILES string of the molecule is CC1C(Cc2nc3ccc(C(=O)O)cc3n2C[C@@H]2CCO2)=CC=C(c2cccc(OCC3CC3)n2)C1F. The Morgan fingerprint density at radius 1 is 1.19 bits per heavy atom. The summed E-state index contributed by atoms with van der Waals surface area (Å²) in [5, 5.41) is 9.47. The topological polar surface area (TPSA) is 86.5 Å². The number of nitrogens with zero attached hydrogens (tertiary/aromatic N) is 3. The second kappa shape index (κ2) is 9.74. The molecule has 192 valence electrons. The third kappa shape index (κ3) is 4.90. The molecule has 0 amide bonds. The summed E-state index contributed by atoms with van der Waals surface area (Å²) in [6.07, 6.45) is 6.47. The van der Waals surface area contributed by atoms with Crippen molar-refractivity contribution in [2.45, 2.75) is 51.4 Å². The molecule has 1 saturated heterocycles. The first-order valence-corrected chi connectivity index (χ1v) is 13.0. The van der Waals surface area contributed by atoms with Crippen LogP contribution in [0.3, 0.4) is 0 Å². The van der Waals surface area contributed by atoms with Crippen molar-refractivity contribution in [3.8, 4) is 5.88 Å². The molecule has 2 fully saturated rings. The Hall–Kier alpha value is -3.52. The Bertz CT molecular complexity index is 1400. The fourth-order valence-corrected chi connectivity index (χ4v) is 4.95. The smallest absolute Gasteiger partial charge is 0.335 e. The van der Waals surface area contributed by atoms with E-state index in [2.05, 4.69) is 4.98 Å². The van der Waals surface area contributed by atoms with Crippen LogP contribution >= 0.6 is 0 Å². The molecule has 7 nitrogen and oxygen atoms in total. The predicted molar refractivity (Wildman–Crippen MR) is 137 cm³/mol. The molecule has 0 bridgehead atoms. The largest absolute Gasteiger partial charge is 0.478 e. The van der Waals surface area contributed by atoms with Crippen molar-refractivity contribution in [2.24, 2.45) is 11.8 Å². The number of allylic oxidation sites excluding steroid dienone is 4. The summed E-state index contributed by atoms with van der Waals surface area (Å²) in [6, 6.07) is 10.5. The van der Waals surface area contributed by atoms with Gasteiger partial charge in [0, 0.05) is 30.6 Å². The summed E-state index contributed by atoms with van der Waals surface area (Å²) in [7, 11) is 0. The van der Waals surface area contributed by atoms with Crippen LogP contribution in [0.5, 0.6) is 5.88 Å². The highest BCUT2D eigenvalue weighted by Gasteiger charge is 2.31. The van der Waals surface area contributed by atoms with Crippen LogP contribution in [0.1, 0.15) is 48.1 Å². The second-order valence-electron chi connectivity index (χ2n) is 10.3. The minimum Gasteiger partial charge on any atom is -0.478 e. The third-order valence-corrected chi connectivity index (χ3v) is 7.60. The molecule has 6 rings (SSSR count). The van der Waals surface area contributed by atoms with Gasteiger partial charge in [-0.1, -0.05) is 30.7 Å². The number of aromatic nitrogens is 3. The van der Waals surface area contributed by atoms with Gasteiger partial charge in [0.2, 0.25) is 5.88 Å². The van der Waals surface area contributed by atoms with E-state index in [0.717, 1.165) is 35.5 Å². The van der Waals surface area contributed by atoms with Crippen LogP contribution in [0.25, 0.3) is 16.6 Å². The number of hydrogen-bond acceptors (Lipinski definition) is 5. The number of benzene rings is 1. The van der Waals surface area contributed by atoms with E-state index in [1.54, 1.807) is 18.2 Å². The molecule has 2 unspecified atom stereocenters. The maximum absolute atomic E-state index is 15.8. The number of aromatic carboxylic acids is 1. The van der Waals surface area contributed by atoms with Gasteiger partial charge in [-0.3, -0.25) is 0 Å². The molecule has 3 atom stereocenters. The number of ether oxygens (including phenoxy) is 2. The van der Waals surface area contributed by atoms with Crippen molar-refractivity contribution in [1.82, 2.24) is 14.5 Å². The molecule has 3 aromatic rings. The molecular weight excluding hydrogens is 473 g/mol. The fraction of sp³-hybridized carbons (Fsp3) is 0.414. The lowest BCUT2D eigenvalue weighted by Gasteiger charge is -2.29. The monoisotopic (exact) mass is 503 g/mol. The maximum atomic E-state index is 15.8. The molecule has 3 heterocycles. The van der Waals surface area contributed by atoms with Crippen LogP contribution in [0.4, 0.5) is 4.39 Å². The van der Waals surface area contributed by atoms with Crippen molar-refractivity contribution in [1.29, 1.82) is 0 Å². The van der Waals surface area contributed by atoms with E-state index in [0.29, 0.717) is 42.6 Å². The van der Waals surface area contributed by atoms with E-state index in [-0.39, 0.29) is 17.6 Å². The number of halogens is 1. The van der Waals surface area contributed by atoms with E-state index < -0.39 is 12.1 Å². The lowest BCUT2D eigenvalue weighted by Crippen LogP contribution is -2.32. The molecule has 3 aliphatic rings. The highest BCUT2D eigenvalue weighted by Crippen LogP contribution is 2.36. The Morgan fingerprint density at radius 3 is 2.76 bits per heavy atom. The van der Waals surface area contributed by atoms with Crippen molar-refractivity contribution in [3.63, 3.8) is 0 Å². The third-order valence-electron chi connectivity index (χ3n) is 7.60. The van der Waals surface area contributed by atoms with Gasteiger partial charge in [-0.2, -0.15) is 0 Å². The highest BCUT2D eigenvalue weighted by atomic mass is 19.1. The molecule has 0 spiro atoms. The highest BCUT2D eigenvalue weighted by molar-refractivity contribution is 5.92. The van der Waals surface area contributed by atoms with Gasteiger partial charge in [-0.25, -0.2) is 19.2 Å². The van der Waals surface area contributed by atoms with Crippen LogP contribution in [-0.4, -0.2) is 51.1 Å². The summed E-state index contributed by atoms with van der Waals surface area (Å²) >= 11 is 0. The molecule has 1 aromatic carbocycles. The number of alkyl halides is 1. The van der Waals surface area contributed by atoms with Crippen molar-refractivity contribution < 1.29 is 23.8 Å². The van der Waals surface area contributed by atoms with Crippen LogP contribution < -0.4 is 4.74 Å². The van der Waals surface area contributed by atoms with Gasteiger partial charge in [-0.05, 0) is 49.4 Å². The van der Waals surface area contributed by atoms with E-state index in [4.69, 9.17) is 14.5 Å². The van der Waals surface area contributed by atoms with Gasteiger partial charge < -0.3 is 19.1 Å². The second-order valence-corrected chi connectivity index (χ2v) is 10.3. The minimum absolute atomic E-state index is 0.0725. The Kier molecular flexibility index (Phi) is 6.28. The predicted octanol–water partition coefficient (Wildman–Crippen LogP) is 5.25. The summed E-state index contributed by atoms with van der Waals surface area (Å²) < 4.78 is 29.2. The summed E-state index contributed by atoms with van der Waals surface area (Å²) in [5.74, 6) is 0.597. The summed E-state index contributed by atoms with van der Waals surface area (Å²) in [4.78, 5) is 20.9. The Morgan fingerprint density at radius 2 is 2.03 bits per heavy atom. The Labute approximate surface area is 214 Å².